The molecule has 0 saturated carbocycles. The molecule has 0 aliphatic heterocycles. The second kappa shape index (κ2) is 12.3. The molecule has 0 fully saturated rings. The van der Waals surface area contributed by atoms with Gasteiger partial charge in [-0.05, 0) is 60.5 Å². The second-order valence-electron chi connectivity index (χ2n) is 8.03. The molecule has 0 spiro atoms. The van der Waals surface area contributed by atoms with E-state index in [9.17, 15) is 9.59 Å². The standard InChI is InChI=1S/C29H25ClN2O3S/c1-20-15-16-22(30)17-26(20)32-29(34)28(21-9-4-2-5-10-21)36-25-14-8-11-23(18-25)31-27(33)19-35-24-12-6-3-7-13-24/h2-18,28H,19H2,1H3,(H,31,33)(H,32,34). The Hall–Kier alpha value is -3.74. The van der Waals surface area contributed by atoms with Crippen molar-refractivity contribution in [2.45, 2.75) is 17.1 Å². The third kappa shape index (κ3) is 7.13. The molecular weight excluding hydrogens is 492 g/mol. The van der Waals surface area contributed by atoms with Crippen molar-refractivity contribution >= 4 is 46.6 Å². The maximum Gasteiger partial charge on any atom is 0.262 e. The normalized spacial score (nSPS) is 11.4. The van der Waals surface area contributed by atoms with E-state index >= 15 is 0 Å². The van der Waals surface area contributed by atoms with E-state index in [1.54, 1.807) is 30.3 Å². The summed E-state index contributed by atoms with van der Waals surface area (Å²) in [5.74, 6) is 0.195. The zero-order valence-corrected chi connectivity index (χ0v) is 21.2. The number of rotatable bonds is 9. The molecule has 4 aromatic rings. The van der Waals surface area contributed by atoms with Crippen molar-refractivity contribution in [1.29, 1.82) is 0 Å². The second-order valence-corrected chi connectivity index (χ2v) is 9.65. The number of ether oxygens (including phenoxy) is 1. The van der Waals surface area contributed by atoms with Crippen molar-refractivity contribution in [2.75, 3.05) is 17.2 Å². The summed E-state index contributed by atoms with van der Waals surface area (Å²) in [7, 11) is 0. The van der Waals surface area contributed by atoms with Crippen molar-refractivity contribution < 1.29 is 14.3 Å². The fourth-order valence-electron chi connectivity index (χ4n) is 3.47. The van der Waals surface area contributed by atoms with E-state index < -0.39 is 5.25 Å². The minimum Gasteiger partial charge on any atom is -0.484 e. The van der Waals surface area contributed by atoms with E-state index in [1.165, 1.54) is 11.8 Å². The predicted octanol–water partition coefficient (Wildman–Crippen LogP) is 7.14. The SMILES string of the molecule is Cc1ccc(Cl)cc1NC(=O)C(Sc1cccc(NC(=O)COc2ccccc2)c1)c1ccccc1. The number of thioether (sulfide) groups is 1. The van der Waals surface area contributed by atoms with Crippen LogP contribution in [0.2, 0.25) is 5.02 Å². The highest BCUT2D eigenvalue weighted by Gasteiger charge is 2.23. The first kappa shape index (κ1) is 25.4. The molecule has 1 atom stereocenters. The first-order valence-corrected chi connectivity index (χ1v) is 12.6. The van der Waals surface area contributed by atoms with Gasteiger partial charge in [-0.3, -0.25) is 9.59 Å². The predicted molar refractivity (Wildman–Crippen MR) is 147 cm³/mol. The van der Waals surface area contributed by atoms with E-state index in [2.05, 4.69) is 10.6 Å². The molecule has 2 N–H and O–H groups in total. The number of benzene rings is 4. The third-order valence-corrected chi connectivity index (χ3v) is 6.77. The smallest absolute Gasteiger partial charge is 0.262 e. The minimum absolute atomic E-state index is 0.102. The monoisotopic (exact) mass is 516 g/mol. The van der Waals surface area contributed by atoms with Crippen molar-refractivity contribution in [3.05, 3.63) is 119 Å². The van der Waals surface area contributed by atoms with Crippen LogP contribution >= 0.6 is 23.4 Å². The lowest BCUT2D eigenvalue weighted by atomic mass is 10.1. The lowest BCUT2D eigenvalue weighted by Gasteiger charge is -2.18. The Labute approximate surface area is 219 Å². The van der Waals surface area contributed by atoms with E-state index in [-0.39, 0.29) is 18.4 Å². The Morgan fingerprint density at radius 1 is 0.861 bits per heavy atom. The van der Waals surface area contributed by atoms with Gasteiger partial charge in [0.25, 0.3) is 5.91 Å². The van der Waals surface area contributed by atoms with Crippen LogP contribution in [0.25, 0.3) is 0 Å². The first-order chi connectivity index (χ1) is 17.5. The number of anilines is 2. The first-order valence-electron chi connectivity index (χ1n) is 11.3. The lowest BCUT2D eigenvalue weighted by molar-refractivity contribution is -0.118. The summed E-state index contributed by atoms with van der Waals surface area (Å²) in [6.07, 6.45) is 0. The summed E-state index contributed by atoms with van der Waals surface area (Å²) in [6, 6.07) is 31.6. The number of amides is 2. The molecule has 4 aromatic carbocycles. The quantitative estimate of drug-likeness (QED) is 0.232. The number of hydrogen-bond acceptors (Lipinski definition) is 4. The van der Waals surface area contributed by atoms with Gasteiger partial charge in [0.05, 0.1) is 0 Å². The molecule has 2 amide bonds. The van der Waals surface area contributed by atoms with Crippen LogP contribution in [0, 0.1) is 6.92 Å². The van der Waals surface area contributed by atoms with E-state index in [1.807, 2.05) is 79.7 Å². The number of hydrogen-bond donors (Lipinski definition) is 2. The Balaban J connectivity index is 1.47. The molecule has 4 rings (SSSR count). The summed E-state index contributed by atoms with van der Waals surface area (Å²) in [4.78, 5) is 26.6. The molecule has 7 heteroatoms. The van der Waals surface area contributed by atoms with Crippen LogP contribution in [0.4, 0.5) is 11.4 Å². The Kier molecular flexibility index (Phi) is 8.66. The average molecular weight is 517 g/mol. The third-order valence-electron chi connectivity index (χ3n) is 5.28. The van der Waals surface area contributed by atoms with Gasteiger partial charge in [-0.15, -0.1) is 11.8 Å². The van der Waals surface area contributed by atoms with Gasteiger partial charge in [0.15, 0.2) is 6.61 Å². The molecular formula is C29H25ClN2O3S. The molecule has 182 valence electrons. The van der Waals surface area contributed by atoms with Crippen molar-refractivity contribution in [2.24, 2.45) is 0 Å². The van der Waals surface area contributed by atoms with Crippen molar-refractivity contribution in [3.8, 4) is 5.75 Å². The van der Waals surface area contributed by atoms with Crippen LogP contribution in [-0.2, 0) is 9.59 Å². The molecule has 0 aromatic heterocycles. The molecule has 36 heavy (non-hydrogen) atoms. The van der Waals surface area contributed by atoms with E-state index in [0.717, 1.165) is 16.0 Å². The van der Waals surface area contributed by atoms with E-state index in [0.29, 0.717) is 22.1 Å². The zero-order valence-electron chi connectivity index (χ0n) is 19.6. The van der Waals surface area contributed by atoms with Gasteiger partial charge in [0.2, 0.25) is 5.91 Å². The van der Waals surface area contributed by atoms with Gasteiger partial charge in [-0.25, -0.2) is 0 Å². The lowest BCUT2D eigenvalue weighted by Crippen LogP contribution is -2.20. The van der Waals surface area contributed by atoms with Crippen LogP contribution in [0.3, 0.4) is 0 Å². The van der Waals surface area contributed by atoms with Crippen LogP contribution < -0.4 is 15.4 Å². The average Bonchev–Trinajstić information content (AvgIpc) is 2.89. The summed E-state index contributed by atoms with van der Waals surface area (Å²) < 4.78 is 5.52. The van der Waals surface area contributed by atoms with Gasteiger partial charge in [-0.2, -0.15) is 0 Å². The molecule has 0 aliphatic rings. The number of carbonyl (C=O) groups excluding carboxylic acids is 2. The Bertz CT molecular complexity index is 1330. The van der Waals surface area contributed by atoms with Crippen LogP contribution in [0.1, 0.15) is 16.4 Å². The maximum atomic E-state index is 13.4. The largest absolute Gasteiger partial charge is 0.484 e. The van der Waals surface area contributed by atoms with E-state index in [4.69, 9.17) is 16.3 Å². The summed E-state index contributed by atoms with van der Waals surface area (Å²) in [5, 5.41) is 5.91. The Morgan fingerprint density at radius 3 is 2.33 bits per heavy atom. The zero-order chi connectivity index (χ0) is 25.3. The highest BCUT2D eigenvalue weighted by Crippen LogP contribution is 2.37. The molecule has 0 saturated heterocycles. The fourth-order valence-corrected chi connectivity index (χ4v) is 4.73. The fraction of sp³-hybridized carbons (Fsp3) is 0.103. The van der Waals surface area contributed by atoms with Crippen LogP contribution in [0.5, 0.6) is 5.75 Å². The molecule has 1 unspecified atom stereocenters. The number of para-hydroxylation sites is 1. The number of aryl methyl sites for hydroxylation is 1. The minimum atomic E-state index is -0.517. The van der Waals surface area contributed by atoms with Crippen molar-refractivity contribution in [1.82, 2.24) is 0 Å². The van der Waals surface area contributed by atoms with Gasteiger partial charge in [0.1, 0.15) is 11.0 Å². The maximum absolute atomic E-state index is 13.4. The molecule has 0 bridgehead atoms. The molecule has 0 aliphatic carbocycles. The van der Waals surface area contributed by atoms with Gasteiger partial charge in [0, 0.05) is 21.3 Å². The molecule has 0 radical (unpaired) electrons. The summed E-state index contributed by atoms with van der Waals surface area (Å²) in [6.45, 7) is 1.82. The summed E-state index contributed by atoms with van der Waals surface area (Å²) in [5.41, 5.74) is 3.09. The topological polar surface area (TPSA) is 67.4 Å². The number of halogens is 1. The van der Waals surface area contributed by atoms with Gasteiger partial charge in [-0.1, -0.05) is 72.3 Å². The number of nitrogens with one attached hydrogen (secondary N) is 2. The summed E-state index contributed by atoms with van der Waals surface area (Å²) >= 11 is 7.55. The van der Waals surface area contributed by atoms with Crippen LogP contribution in [0.15, 0.2) is 108 Å². The highest BCUT2D eigenvalue weighted by molar-refractivity contribution is 8.00. The Morgan fingerprint density at radius 2 is 1.58 bits per heavy atom. The molecule has 0 heterocycles. The van der Waals surface area contributed by atoms with Gasteiger partial charge < -0.3 is 15.4 Å². The van der Waals surface area contributed by atoms with Crippen molar-refractivity contribution in [3.63, 3.8) is 0 Å². The van der Waals surface area contributed by atoms with Gasteiger partial charge >= 0.3 is 0 Å². The van der Waals surface area contributed by atoms with Crippen LogP contribution in [-0.4, -0.2) is 18.4 Å². The highest BCUT2D eigenvalue weighted by atomic mass is 35.5. The molecule has 5 nitrogen and oxygen atoms in total. The number of carbonyl (C=O) groups is 2.